The highest BCUT2D eigenvalue weighted by molar-refractivity contribution is 5.88. The summed E-state index contributed by atoms with van der Waals surface area (Å²) in [5.41, 5.74) is 8.70. The van der Waals surface area contributed by atoms with Gasteiger partial charge in [0.1, 0.15) is 5.75 Å². The third-order valence-electron chi connectivity index (χ3n) is 6.61. The quantitative estimate of drug-likeness (QED) is 0.248. The summed E-state index contributed by atoms with van der Waals surface area (Å²) in [6, 6.07) is 28.8. The van der Waals surface area contributed by atoms with Gasteiger partial charge in [0.05, 0.1) is 0 Å². The number of hydrogen-bond acceptors (Lipinski definition) is 2. The fourth-order valence-electron chi connectivity index (χ4n) is 4.96. The van der Waals surface area contributed by atoms with Crippen molar-refractivity contribution in [2.24, 2.45) is 0 Å². The number of fused-ring (bicyclic) bond motifs is 3. The Hall–Kier alpha value is -3.52. The standard InChI is InChI=1S/C31H30O2/c1-2-3-4-6-12-22-19-20-29(32)31(33-24-14-7-5-8-15-24)30(22)27-18-11-17-26-25-16-10-9-13-23(25)21-28(26)27/h5,7-11,13-20,32H,2-4,6,12,21H2,1H3. The first-order chi connectivity index (χ1) is 16.3. The highest BCUT2D eigenvalue weighted by Crippen LogP contribution is 2.48. The Morgan fingerprint density at radius 2 is 1.48 bits per heavy atom. The maximum absolute atomic E-state index is 10.9. The van der Waals surface area contributed by atoms with Crippen molar-refractivity contribution < 1.29 is 9.84 Å². The van der Waals surface area contributed by atoms with Crippen molar-refractivity contribution in [1.29, 1.82) is 0 Å². The molecule has 0 radical (unpaired) electrons. The number of hydrogen-bond donors (Lipinski definition) is 1. The van der Waals surface area contributed by atoms with Gasteiger partial charge in [0.2, 0.25) is 0 Å². The van der Waals surface area contributed by atoms with Crippen molar-refractivity contribution in [1.82, 2.24) is 0 Å². The summed E-state index contributed by atoms with van der Waals surface area (Å²) in [5, 5.41) is 10.9. The molecule has 0 saturated carbocycles. The van der Waals surface area contributed by atoms with Crippen molar-refractivity contribution in [3.63, 3.8) is 0 Å². The van der Waals surface area contributed by atoms with E-state index < -0.39 is 0 Å². The third-order valence-corrected chi connectivity index (χ3v) is 6.61. The lowest BCUT2D eigenvalue weighted by Crippen LogP contribution is -1.98. The Kier molecular flexibility index (Phi) is 6.17. The van der Waals surface area contributed by atoms with E-state index in [2.05, 4.69) is 55.5 Å². The van der Waals surface area contributed by atoms with Gasteiger partial charge in [-0.05, 0) is 70.8 Å². The van der Waals surface area contributed by atoms with E-state index in [0.29, 0.717) is 5.75 Å². The smallest absolute Gasteiger partial charge is 0.177 e. The highest BCUT2D eigenvalue weighted by Gasteiger charge is 2.25. The predicted octanol–water partition coefficient (Wildman–Crippen LogP) is 8.55. The summed E-state index contributed by atoms with van der Waals surface area (Å²) in [6.45, 7) is 2.24. The van der Waals surface area contributed by atoms with Crippen LogP contribution in [0, 0.1) is 0 Å². The third kappa shape index (κ3) is 4.26. The predicted molar refractivity (Wildman–Crippen MR) is 136 cm³/mol. The zero-order valence-electron chi connectivity index (χ0n) is 19.2. The van der Waals surface area contributed by atoms with E-state index in [1.165, 1.54) is 47.1 Å². The van der Waals surface area contributed by atoms with Gasteiger partial charge in [-0.2, -0.15) is 0 Å². The molecule has 0 heterocycles. The zero-order chi connectivity index (χ0) is 22.6. The fourth-order valence-corrected chi connectivity index (χ4v) is 4.96. The molecule has 5 rings (SSSR count). The molecule has 0 bridgehead atoms. The summed E-state index contributed by atoms with van der Waals surface area (Å²) < 4.78 is 6.35. The molecule has 1 aliphatic carbocycles. The number of unbranched alkanes of at least 4 members (excludes halogenated alkanes) is 3. The SMILES string of the molecule is CCCCCCc1ccc(O)c(Oc2ccccc2)c1-c1cccc2c1Cc1ccccc1-2. The number of phenolic OH excluding ortho intramolecular Hbond substituents is 1. The number of benzene rings is 4. The van der Waals surface area contributed by atoms with Crippen LogP contribution in [0.4, 0.5) is 0 Å². The Bertz CT molecular complexity index is 1260. The minimum absolute atomic E-state index is 0.180. The largest absolute Gasteiger partial charge is 0.504 e. The van der Waals surface area contributed by atoms with Gasteiger partial charge in [-0.1, -0.05) is 92.9 Å². The first-order valence-corrected chi connectivity index (χ1v) is 12.0. The first-order valence-electron chi connectivity index (χ1n) is 12.0. The highest BCUT2D eigenvalue weighted by atomic mass is 16.5. The summed E-state index contributed by atoms with van der Waals surface area (Å²) in [5.74, 6) is 1.46. The van der Waals surface area contributed by atoms with Gasteiger partial charge in [0.25, 0.3) is 0 Å². The van der Waals surface area contributed by atoms with Gasteiger partial charge in [-0.15, -0.1) is 0 Å². The molecule has 0 saturated heterocycles. The minimum atomic E-state index is 0.180. The molecule has 0 aromatic heterocycles. The summed E-state index contributed by atoms with van der Waals surface area (Å²) in [4.78, 5) is 0. The second-order valence-electron chi connectivity index (χ2n) is 8.84. The van der Waals surface area contributed by atoms with E-state index in [-0.39, 0.29) is 5.75 Å². The lowest BCUT2D eigenvalue weighted by atomic mass is 9.89. The second kappa shape index (κ2) is 9.54. The van der Waals surface area contributed by atoms with Crippen LogP contribution >= 0.6 is 0 Å². The number of rotatable bonds is 8. The molecule has 0 aliphatic heterocycles. The molecular weight excluding hydrogens is 404 g/mol. The molecule has 1 N–H and O–H groups in total. The van der Waals surface area contributed by atoms with Crippen LogP contribution in [0.2, 0.25) is 0 Å². The van der Waals surface area contributed by atoms with Crippen LogP contribution in [0.15, 0.2) is 84.9 Å². The van der Waals surface area contributed by atoms with Gasteiger partial charge in [-0.3, -0.25) is 0 Å². The molecule has 1 aliphatic rings. The van der Waals surface area contributed by atoms with Crippen LogP contribution in [-0.4, -0.2) is 5.11 Å². The van der Waals surface area contributed by atoms with Gasteiger partial charge >= 0.3 is 0 Å². The van der Waals surface area contributed by atoms with Crippen LogP contribution in [-0.2, 0) is 12.8 Å². The van der Waals surface area contributed by atoms with E-state index in [1.807, 2.05) is 30.3 Å². The average Bonchev–Trinajstić information content (AvgIpc) is 3.23. The molecule has 4 aromatic rings. The molecule has 2 heteroatoms. The maximum Gasteiger partial charge on any atom is 0.177 e. The second-order valence-corrected chi connectivity index (χ2v) is 8.84. The fraction of sp³-hybridized carbons (Fsp3) is 0.226. The molecule has 0 fully saturated rings. The molecule has 0 unspecified atom stereocenters. The van der Waals surface area contributed by atoms with E-state index in [9.17, 15) is 5.11 Å². The number of aryl methyl sites for hydroxylation is 1. The monoisotopic (exact) mass is 434 g/mol. The summed E-state index contributed by atoms with van der Waals surface area (Å²) in [7, 11) is 0. The summed E-state index contributed by atoms with van der Waals surface area (Å²) in [6.07, 6.45) is 6.68. The molecule has 166 valence electrons. The normalized spacial score (nSPS) is 11.8. The van der Waals surface area contributed by atoms with E-state index >= 15 is 0 Å². The van der Waals surface area contributed by atoms with E-state index in [4.69, 9.17) is 4.74 Å². The van der Waals surface area contributed by atoms with Gasteiger partial charge < -0.3 is 9.84 Å². The molecule has 0 atom stereocenters. The van der Waals surface area contributed by atoms with Crippen molar-refractivity contribution in [3.05, 3.63) is 102 Å². The van der Waals surface area contributed by atoms with Gasteiger partial charge in [0, 0.05) is 5.56 Å². The molecule has 33 heavy (non-hydrogen) atoms. The Labute approximate surface area is 196 Å². The lowest BCUT2D eigenvalue weighted by molar-refractivity contribution is 0.412. The molecule has 4 aromatic carbocycles. The van der Waals surface area contributed by atoms with Crippen molar-refractivity contribution >= 4 is 0 Å². The number of aromatic hydroxyl groups is 1. The van der Waals surface area contributed by atoms with Gasteiger partial charge in [0.15, 0.2) is 11.5 Å². The van der Waals surface area contributed by atoms with Crippen LogP contribution in [0.1, 0.15) is 49.3 Å². The number of para-hydroxylation sites is 1. The minimum Gasteiger partial charge on any atom is -0.504 e. The zero-order valence-corrected chi connectivity index (χ0v) is 19.2. The first kappa shape index (κ1) is 21.3. The average molecular weight is 435 g/mol. The number of phenols is 1. The topological polar surface area (TPSA) is 29.5 Å². The van der Waals surface area contributed by atoms with Crippen LogP contribution in [0.5, 0.6) is 17.2 Å². The Morgan fingerprint density at radius 1 is 0.727 bits per heavy atom. The number of ether oxygens (including phenoxy) is 1. The van der Waals surface area contributed by atoms with E-state index in [1.54, 1.807) is 6.07 Å². The molecule has 0 spiro atoms. The molecular formula is C31H30O2. The lowest BCUT2D eigenvalue weighted by Gasteiger charge is -2.19. The van der Waals surface area contributed by atoms with Gasteiger partial charge in [-0.25, -0.2) is 0 Å². The van der Waals surface area contributed by atoms with Crippen LogP contribution in [0.25, 0.3) is 22.3 Å². The van der Waals surface area contributed by atoms with Crippen LogP contribution < -0.4 is 4.74 Å². The molecule has 2 nitrogen and oxygen atoms in total. The van der Waals surface area contributed by atoms with Crippen molar-refractivity contribution in [2.45, 2.75) is 45.4 Å². The van der Waals surface area contributed by atoms with E-state index in [0.717, 1.165) is 36.1 Å². The Balaban J connectivity index is 1.65. The van der Waals surface area contributed by atoms with Crippen molar-refractivity contribution in [2.75, 3.05) is 0 Å². The Morgan fingerprint density at radius 3 is 2.33 bits per heavy atom. The maximum atomic E-state index is 10.9. The molecule has 0 amide bonds. The summed E-state index contributed by atoms with van der Waals surface area (Å²) >= 11 is 0. The van der Waals surface area contributed by atoms with Crippen LogP contribution in [0.3, 0.4) is 0 Å². The van der Waals surface area contributed by atoms with Crippen molar-refractivity contribution in [3.8, 4) is 39.5 Å².